The normalized spacial score (nSPS) is 17.9. The molecule has 5 heteroatoms. The summed E-state index contributed by atoms with van der Waals surface area (Å²) >= 11 is 0. The lowest BCUT2D eigenvalue weighted by atomic mass is 10.1. The molecule has 20 heavy (non-hydrogen) atoms. The van der Waals surface area contributed by atoms with Gasteiger partial charge in [-0.1, -0.05) is 19.4 Å². The van der Waals surface area contributed by atoms with Gasteiger partial charge in [0.1, 0.15) is 0 Å². The Morgan fingerprint density at radius 1 is 1.55 bits per heavy atom. The van der Waals surface area contributed by atoms with E-state index in [4.69, 9.17) is 5.26 Å². The van der Waals surface area contributed by atoms with Gasteiger partial charge in [0.2, 0.25) is 11.8 Å². The number of carbonyl (C=O) groups excluding carboxylic acids is 2. The monoisotopic (exact) mass is 271 g/mol. The zero-order valence-electron chi connectivity index (χ0n) is 11.4. The summed E-state index contributed by atoms with van der Waals surface area (Å²) in [4.78, 5) is 25.3. The van der Waals surface area contributed by atoms with Crippen LogP contribution in [0.1, 0.15) is 25.3 Å². The average molecular weight is 271 g/mol. The quantitative estimate of drug-likeness (QED) is 0.906. The van der Waals surface area contributed by atoms with Gasteiger partial charge in [-0.25, -0.2) is 0 Å². The molecule has 0 aromatic heterocycles. The molecule has 0 spiro atoms. The lowest BCUT2D eigenvalue weighted by Gasteiger charge is -2.16. The van der Waals surface area contributed by atoms with Gasteiger partial charge in [0.25, 0.3) is 0 Å². The third-order valence-electron chi connectivity index (χ3n) is 3.48. The predicted molar refractivity (Wildman–Crippen MR) is 74.8 cm³/mol. The van der Waals surface area contributed by atoms with Crippen LogP contribution < -0.4 is 5.32 Å². The first-order chi connectivity index (χ1) is 9.62. The van der Waals surface area contributed by atoms with E-state index in [9.17, 15) is 9.59 Å². The molecule has 2 rings (SSSR count). The first kappa shape index (κ1) is 14.1. The molecule has 0 bridgehead atoms. The van der Waals surface area contributed by atoms with Crippen molar-refractivity contribution in [3.05, 3.63) is 29.8 Å². The topological polar surface area (TPSA) is 73.2 Å². The minimum Gasteiger partial charge on any atom is -0.333 e. The zero-order valence-corrected chi connectivity index (χ0v) is 11.4. The molecule has 104 valence electrons. The van der Waals surface area contributed by atoms with Crippen LogP contribution in [0.3, 0.4) is 0 Å². The second-order valence-electron chi connectivity index (χ2n) is 4.99. The SMILES string of the molecule is CCC1CC(=O)N(CC(=O)Nc2cccc(C#N)c2)C1. The van der Waals surface area contributed by atoms with Crippen LogP contribution in [-0.4, -0.2) is 29.8 Å². The number of likely N-dealkylation sites (tertiary alicyclic amines) is 1. The first-order valence-electron chi connectivity index (χ1n) is 6.70. The Balaban J connectivity index is 1.93. The van der Waals surface area contributed by atoms with Crippen LogP contribution in [0.25, 0.3) is 0 Å². The van der Waals surface area contributed by atoms with Crippen molar-refractivity contribution in [2.45, 2.75) is 19.8 Å². The van der Waals surface area contributed by atoms with Crippen molar-refractivity contribution in [3.63, 3.8) is 0 Å². The van der Waals surface area contributed by atoms with Crippen LogP contribution in [-0.2, 0) is 9.59 Å². The summed E-state index contributed by atoms with van der Waals surface area (Å²) in [5, 5.41) is 11.5. The Morgan fingerprint density at radius 3 is 3.00 bits per heavy atom. The van der Waals surface area contributed by atoms with Crippen LogP contribution in [0.2, 0.25) is 0 Å². The smallest absolute Gasteiger partial charge is 0.243 e. The predicted octanol–water partition coefficient (Wildman–Crippen LogP) is 1.76. The second kappa shape index (κ2) is 6.20. The molecule has 1 heterocycles. The standard InChI is InChI=1S/C15H17N3O2/c1-2-11-7-15(20)18(9-11)10-14(19)17-13-5-3-4-12(6-13)8-16/h3-6,11H,2,7,9-10H2,1H3,(H,17,19). The molecule has 5 nitrogen and oxygen atoms in total. The van der Waals surface area contributed by atoms with Crippen LogP contribution in [0.5, 0.6) is 0 Å². The second-order valence-corrected chi connectivity index (χ2v) is 4.99. The number of nitrogens with zero attached hydrogens (tertiary/aromatic N) is 2. The number of rotatable bonds is 4. The Labute approximate surface area is 118 Å². The summed E-state index contributed by atoms with van der Waals surface area (Å²) in [6.07, 6.45) is 1.49. The van der Waals surface area contributed by atoms with E-state index in [1.807, 2.05) is 6.07 Å². The van der Waals surface area contributed by atoms with E-state index in [0.717, 1.165) is 6.42 Å². The molecule has 1 saturated heterocycles. The fourth-order valence-electron chi connectivity index (χ4n) is 2.32. The van der Waals surface area contributed by atoms with Gasteiger partial charge in [0.05, 0.1) is 18.2 Å². The van der Waals surface area contributed by atoms with Crippen LogP contribution in [0.4, 0.5) is 5.69 Å². The maximum atomic E-state index is 11.9. The molecule has 1 aromatic carbocycles. The Morgan fingerprint density at radius 2 is 2.35 bits per heavy atom. The molecule has 1 aliphatic rings. The summed E-state index contributed by atoms with van der Waals surface area (Å²) in [6, 6.07) is 8.73. The van der Waals surface area contributed by atoms with E-state index in [1.54, 1.807) is 29.2 Å². The highest BCUT2D eigenvalue weighted by Crippen LogP contribution is 2.20. The molecule has 1 aliphatic heterocycles. The number of amides is 2. The molecule has 0 saturated carbocycles. The van der Waals surface area contributed by atoms with Crippen LogP contribution in [0.15, 0.2) is 24.3 Å². The highest BCUT2D eigenvalue weighted by Gasteiger charge is 2.29. The van der Waals surface area contributed by atoms with E-state index in [1.165, 1.54) is 0 Å². The van der Waals surface area contributed by atoms with Gasteiger partial charge in [-0.3, -0.25) is 9.59 Å². The number of carbonyl (C=O) groups is 2. The number of hydrogen-bond donors (Lipinski definition) is 1. The van der Waals surface area contributed by atoms with E-state index in [0.29, 0.717) is 30.1 Å². The number of hydrogen-bond acceptors (Lipinski definition) is 3. The fourth-order valence-corrected chi connectivity index (χ4v) is 2.32. The molecule has 1 fully saturated rings. The molecule has 1 N–H and O–H groups in total. The van der Waals surface area contributed by atoms with E-state index in [2.05, 4.69) is 12.2 Å². The highest BCUT2D eigenvalue weighted by molar-refractivity contribution is 5.95. The van der Waals surface area contributed by atoms with Crippen molar-refractivity contribution < 1.29 is 9.59 Å². The molecular formula is C15H17N3O2. The van der Waals surface area contributed by atoms with Crippen molar-refractivity contribution in [3.8, 4) is 6.07 Å². The molecule has 0 aliphatic carbocycles. The maximum Gasteiger partial charge on any atom is 0.243 e. The summed E-state index contributed by atoms with van der Waals surface area (Å²) in [6.45, 7) is 2.78. The van der Waals surface area contributed by atoms with Crippen LogP contribution in [0, 0.1) is 17.2 Å². The van der Waals surface area contributed by atoms with Gasteiger partial charge < -0.3 is 10.2 Å². The molecular weight excluding hydrogens is 254 g/mol. The van der Waals surface area contributed by atoms with Gasteiger partial charge in [-0.05, 0) is 24.1 Å². The number of anilines is 1. The molecule has 1 unspecified atom stereocenters. The van der Waals surface area contributed by atoms with E-state index >= 15 is 0 Å². The molecule has 1 aromatic rings. The summed E-state index contributed by atoms with van der Waals surface area (Å²) in [7, 11) is 0. The van der Waals surface area contributed by atoms with Crippen molar-refractivity contribution >= 4 is 17.5 Å². The lowest BCUT2D eigenvalue weighted by Crippen LogP contribution is -2.34. The highest BCUT2D eigenvalue weighted by atomic mass is 16.2. The number of benzene rings is 1. The molecule has 2 amide bonds. The number of nitriles is 1. The van der Waals surface area contributed by atoms with Gasteiger partial charge in [-0.2, -0.15) is 5.26 Å². The van der Waals surface area contributed by atoms with Crippen molar-refractivity contribution in [2.75, 3.05) is 18.4 Å². The summed E-state index contributed by atoms with van der Waals surface area (Å²) < 4.78 is 0. The van der Waals surface area contributed by atoms with E-state index in [-0.39, 0.29) is 18.4 Å². The van der Waals surface area contributed by atoms with E-state index < -0.39 is 0 Å². The first-order valence-corrected chi connectivity index (χ1v) is 6.70. The van der Waals surface area contributed by atoms with Gasteiger partial charge >= 0.3 is 0 Å². The van der Waals surface area contributed by atoms with Gasteiger partial charge in [-0.15, -0.1) is 0 Å². The Kier molecular flexibility index (Phi) is 4.36. The Bertz CT molecular complexity index is 562. The third kappa shape index (κ3) is 3.35. The summed E-state index contributed by atoms with van der Waals surface area (Å²) in [5.74, 6) is 0.167. The minimum atomic E-state index is -0.231. The van der Waals surface area contributed by atoms with Crippen molar-refractivity contribution in [1.29, 1.82) is 5.26 Å². The molecule has 1 atom stereocenters. The largest absolute Gasteiger partial charge is 0.333 e. The minimum absolute atomic E-state index is 0.0396. The average Bonchev–Trinajstić information content (AvgIpc) is 2.79. The Hall–Kier alpha value is -2.35. The molecule has 0 radical (unpaired) electrons. The maximum absolute atomic E-state index is 11.9. The third-order valence-corrected chi connectivity index (χ3v) is 3.48. The lowest BCUT2D eigenvalue weighted by molar-refractivity contribution is -0.131. The van der Waals surface area contributed by atoms with Crippen molar-refractivity contribution in [2.24, 2.45) is 5.92 Å². The van der Waals surface area contributed by atoms with Gasteiger partial charge in [0.15, 0.2) is 0 Å². The van der Waals surface area contributed by atoms with Gasteiger partial charge in [0, 0.05) is 18.7 Å². The zero-order chi connectivity index (χ0) is 14.5. The fraction of sp³-hybridized carbons (Fsp3) is 0.400. The summed E-state index contributed by atoms with van der Waals surface area (Å²) in [5.41, 5.74) is 1.07. The number of nitrogens with one attached hydrogen (secondary N) is 1. The van der Waals surface area contributed by atoms with Crippen LogP contribution >= 0.6 is 0 Å². The van der Waals surface area contributed by atoms with Crippen molar-refractivity contribution in [1.82, 2.24) is 4.90 Å².